The van der Waals surface area contributed by atoms with E-state index in [4.69, 9.17) is 10.00 Å². The molecular weight excluding hydrogens is 306 g/mol. The predicted octanol–water partition coefficient (Wildman–Crippen LogP) is 2.09. The zero-order valence-corrected chi connectivity index (χ0v) is 14.5. The molecule has 0 aromatic heterocycles. The molecule has 0 spiro atoms. The highest BCUT2D eigenvalue weighted by atomic mass is 16.6. The van der Waals surface area contributed by atoms with Gasteiger partial charge in [0.15, 0.2) is 0 Å². The first-order valence-corrected chi connectivity index (χ1v) is 7.95. The van der Waals surface area contributed by atoms with E-state index in [0.717, 1.165) is 0 Å². The molecule has 0 bridgehead atoms. The van der Waals surface area contributed by atoms with Crippen molar-refractivity contribution >= 4 is 6.09 Å². The molecule has 1 aromatic carbocycles. The first-order chi connectivity index (χ1) is 11.1. The van der Waals surface area contributed by atoms with Crippen molar-refractivity contribution in [2.75, 3.05) is 26.2 Å². The average Bonchev–Trinajstić information content (AvgIpc) is 2.53. The van der Waals surface area contributed by atoms with E-state index in [1.54, 1.807) is 34.1 Å². The van der Waals surface area contributed by atoms with Crippen molar-refractivity contribution in [1.82, 2.24) is 9.80 Å². The highest BCUT2D eigenvalue weighted by Gasteiger charge is 2.35. The second kappa shape index (κ2) is 6.80. The normalized spacial score (nSPS) is 18.6. The number of rotatable bonds is 2. The second-order valence-electron chi connectivity index (χ2n) is 6.96. The van der Waals surface area contributed by atoms with Gasteiger partial charge in [-0.3, -0.25) is 4.90 Å². The molecule has 1 saturated heterocycles. The van der Waals surface area contributed by atoms with E-state index in [0.29, 0.717) is 37.3 Å². The maximum absolute atomic E-state index is 12.1. The van der Waals surface area contributed by atoms with Crippen LogP contribution in [0, 0.1) is 18.3 Å². The van der Waals surface area contributed by atoms with E-state index in [1.165, 1.54) is 0 Å². The van der Waals surface area contributed by atoms with Crippen LogP contribution in [0.25, 0.3) is 0 Å². The molecular formula is C18H24N3O3. The molecule has 129 valence electrons. The predicted molar refractivity (Wildman–Crippen MR) is 89.8 cm³/mol. The summed E-state index contributed by atoms with van der Waals surface area (Å²) in [5.74, 6) is 0. The van der Waals surface area contributed by atoms with Crippen LogP contribution in [-0.2, 0) is 10.5 Å². The molecule has 1 amide bonds. The van der Waals surface area contributed by atoms with E-state index in [9.17, 15) is 9.90 Å². The molecule has 0 saturated carbocycles. The number of ether oxygens (including phenoxy) is 1. The molecule has 1 unspecified atom stereocenters. The average molecular weight is 330 g/mol. The van der Waals surface area contributed by atoms with Gasteiger partial charge in [0.25, 0.3) is 0 Å². The molecule has 1 atom stereocenters. The molecule has 1 aliphatic rings. The molecule has 1 aliphatic heterocycles. The topological polar surface area (TPSA) is 76.8 Å². The number of piperazine rings is 1. The van der Waals surface area contributed by atoms with Gasteiger partial charge in [-0.2, -0.15) is 5.26 Å². The summed E-state index contributed by atoms with van der Waals surface area (Å²) in [5.41, 5.74) is -0.930. The van der Waals surface area contributed by atoms with Crippen molar-refractivity contribution in [3.05, 3.63) is 42.3 Å². The van der Waals surface area contributed by atoms with Crippen molar-refractivity contribution in [3.63, 3.8) is 0 Å². The number of benzene rings is 1. The summed E-state index contributed by atoms with van der Waals surface area (Å²) in [4.78, 5) is 15.5. The number of carbonyl (C=O) groups excluding carboxylic acids is 1. The Bertz CT molecular complexity index is 636. The Morgan fingerprint density at radius 2 is 1.92 bits per heavy atom. The van der Waals surface area contributed by atoms with Crippen molar-refractivity contribution in [1.29, 1.82) is 5.26 Å². The summed E-state index contributed by atoms with van der Waals surface area (Å²) in [6.45, 7) is 11.2. The van der Waals surface area contributed by atoms with Crippen LogP contribution < -0.4 is 0 Å². The van der Waals surface area contributed by atoms with Crippen LogP contribution in [-0.4, -0.2) is 52.8 Å². The lowest BCUT2D eigenvalue weighted by Crippen LogP contribution is -2.56. The highest BCUT2D eigenvalue weighted by Crippen LogP contribution is 2.27. The summed E-state index contributed by atoms with van der Waals surface area (Å²) in [7, 11) is 0. The van der Waals surface area contributed by atoms with Gasteiger partial charge in [0.2, 0.25) is 0 Å². The number of aliphatic hydroxyl groups is 1. The fourth-order valence-electron chi connectivity index (χ4n) is 2.61. The third-order valence-corrected chi connectivity index (χ3v) is 3.91. The Morgan fingerprint density at radius 3 is 2.46 bits per heavy atom. The molecule has 0 aliphatic carbocycles. The minimum atomic E-state index is -1.44. The summed E-state index contributed by atoms with van der Waals surface area (Å²) in [5, 5.41) is 19.8. The van der Waals surface area contributed by atoms with Crippen LogP contribution in [0.2, 0.25) is 0 Å². The van der Waals surface area contributed by atoms with E-state index in [2.05, 4.69) is 13.0 Å². The number of hydrogen-bond donors (Lipinski definition) is 1. The van der Waals surface area contributed by atoms with Crippen molar-refractivity contribution in [2.45, 2.75) is 32.1 Å². The molecule has 1 radical (unpaired) electrons. The van der Waals surface area contributed by atoms with Gasteiger partial charge < -0.3 is 14.7 Å². The number of nitriles is 1. The molecule has 1 heterocycles. The minimum Gasteiger partial charge on any atom is -0.444 e. The largest absolute Gasteiger partial charge is 0.444 e. The fourth-order valence-corrected chi connectivity index (χ4v) is 2.61. The standard InChI is InChI=1S/C18H24N3O3/c1-17(2,3)24-16(22)20-8-10-21(11-9-20)18(4,23)15-7-5-6-14(12-15)13-19/h5-7,12,23H,4,8-11H2,1-3H3. The van der Waals surface area contributed by atoms with Gasteiger partial charge in [-0.25, -0.2) is 4.79 Å². The molecule has 6 heteroatoms. The first-order valence-electron chi connectivity index (χ1n) is 7.95. The first kappa shape index (κ1) is 18.2. The van der Waals surface area contributed by atoms with Crippen molar-refractivity contribution in [2.24, 2.45) is 0 Å². The van der Waals surface area contributed by atoms with Crippen molar-refractivity contribution in [3.8, 4) is 6.07 Å². The lowest BCUT2D eigenvalue weighted by atomic mass is 10.00. The van der Waals surface area contributed by atoms with Crippen molar-refractivity contribution < 1.29 is 14.6 Å². The van der Waals surface area contributed by atoms with Gasteiger partial charge in [-0.05, 0) is 45.4 Å². The maximum Gasteiger partial charge on any atom is 0.410 e. The Labute approximate surface area is 143 Å². The minimum absolute atomic E-state index is 0.346. The number of amides is 1. The summed E-state index contributed by atoms with van der Waals surface area (Å²) in [6, 6.07) is 8.84. The molecule has 2 rings (SSSR count). The highest BCUT2D eigenvalue weighted by molar-refractivity contribution is 5.68. The van der Waals surface area contributed by atoms with Gasteiger partial charge in [0.1, 0.15) is 11.3 Å². The van der Waals surface area contributed by atoms with E-state index in [1.807, 2.05) is 20.8 Å². The fraction of sp³-hybridized carbons (Fsp3) is 0.500. The summed E-state index contributed by atoms with van der Waals surface area (Å²) < 4.78 is 5.37. The third kappa shape index (κ3) is 4.25. The lowest BCUT2D eigenvalue weighted by molar-refractivity contribution is -0.0962. The van der Waals surface area contributed by atoms with Gasteiger partial charge in [-0.1, -0.05) is 12.1 Å². The maximum atomic E-state index is 12.1. The molecule has 1 N–H and O–H groups in total. The summed E-state index contributed by atoms with van der Waals surface area (Å²) in [6.07, 6.45) is -0.346. The van der Waals surface area contributed by atoms with E-state index >= 15 is 0 Å². The zero-order valence-electron chi connectivity index (χ0n) is 14.5. The smallest absolute Gasteiger partial charge is 0.410 e. The molecule has 1 aromatic rings. The van der Waals surface area contributed by atoms with Crippen LogP contribution >= 0.6 is 0 Å². The van der Waals surface area contributed by atoms with Crippen LogP contribution in [0.1, 0.15) is 31.9 Å². The van der Waals surface area contributed by atoms with Crippen LogP contribution in [0.15, 0.2) is 24.3 Å². The van der Waals surface area contributed by atoms with Crippen LogP contribution in [0.5, 0.6) is 0 Å². The second-order valence-corrected chi connectivity index (χ2v) is 6.96. The number of nitrogens with zero attached hydrogens (tertiary/aromatic N) is 3. The molecule has 6 nitrogen and oxygen atoms in total. The molecule has 24 heavy (non-hydrogen) atoms. The quantitative estimate of drug-likeness (QED) is 0.898. The Hall–Kier alpha value is -2.10. The van der Waals surface area contributed by atoms with E-state index in [-0.39, 0.29) is 6.09 Å². The van der Waals surface area contributed by atoms with Gasteiger partial charge in [0, 0.05) is 26.2 Å². The Kier molecular flexibility index (Phi) is 5.16. The Morgan fingerprint density at radius 1 is 1.29 bits per heavy atom. The monoisotopic (exact) mass is 330 g/mol. The zero-order chi connectivity index (χ0) is 18.0. The lowest BCUT2D eigenvalue weighted by Gasteiger charge is -2.43. The van der Waals surface area contributed by atoms with Gasteiger partial charge in [0.05, 0.1) is 11.6 Å². The third-order valence-electron chi connectivity index (χ3n) is 3.91. The number of carbonyl (C=O) groups is 1. The van der Waals surface area contributed by atoms with Crippen LogP contribution in [0.4, 0.5) is 4.79 Å². The van der Waals surface area contributed by atoms with Gasteiger partial charge in [-0.15, -0.1) is 0 Å². The van der Waals surface area contributed by atoms with E-state index < -0.39 is 11.3 Å². The Balaban J connectivity index is 2.03. The SMILES string of the molecule is [CH2]C(O)(c1cccc(C#N)c1)N1CCN(C(=O)OC(C)(C)C)CC1. The summed E-state index contributed by atoms with van der Waals surface area (Å²) >= 11 is 0. The number of hydrogen-bond acceptors (Lipinski definition) is 5. The van der Waals surface area contributed by atoms with Gasteiger partial charge >= 0.3 is 6.09 Å². The van der Waals surface area contributed by atoms with Crippen LogP contribution in [0.3, 0.4) is 0 Å². The molecule has 1 fully saturated rings.